The van der Waals surface area contributed by atoms with Crippen molar-refractivity contribution in [3.05, 3.63) is 76.5 Å². The lowest BCUT2D eigenvalue weighted by Gasteiger charge is -2.32. The number of nitrogen functional groups attached to an aromatic ring is 1. The molecule has 1 saturated heterocycles. The van der Waals surface area contributed by atoms with Gasteiger partial charge in [-0.2, -0.15) is 0 Å². The van der Waals surface area contributed by atoms with E-state index in [1.807, 2.05) is 20.9 Å². The largest absolute Gasteiger partial charge is 0.573 e. The number of hydrogen-bond acceptors (Lipinski definition) is 9. The second-order valence-corrected chi connectivity index (χ2v) is 10.3. The van der Waals surface area contributed by atoms with Crippen molar-refractivity contribution in [1.82, 2.24) is 29.7 Å². The smallest absolute Gasteiger partial charge is 0.405 e. The van der Waals surface area contributed by atoms with Gasteiger partial charge < -0.3 is 20.7 Å². The molecule has 0 aliphatic carbocycles. The zero-order valence-corrected chi connectivity index (χ0v) is 23.8. The lowest BCUT2D eigenvalue weighted by Crippen LogP contribution is -2.43. The van der Waals surface area contributed by atoms with E-state index >= 15 is 0 Å². The molecule has 222 valence electrons. The Labute approximate surface area is 246 Å². The molecule has 3 aromatic heterocycles. The minimum atomic E-state index is -4.89. The Hall–Kier alpha value is -4.80. The number of halogens is 3. The number of ether oxygens (including phenoxy) is 1. The van der Waals surface area contributed by atoms with E-state index in [-0.39, 0.29) is 22.8 Å². The van der Waals surface area contributed by atoms with Gasteiger partial charge in [-0.1, -0.05) is 17.9 Å². The monoisotopic (exact) mass is 590 g/mol. The Balaban J connectivity index is 1.36. The molecule has 0 unspecified atom stereocenters. The lowest BCUT2D eigenvalue weighted by atomic mass is 10.1. The third kappa shape index (κ3) is 7.35. The van der Waals surface area contributed by atoms with Crippen LogP contribution in [0.25, 0.3) is 11.0 Å². The summed E-state index contributed by atoms with van der Waals surface area (Å²) in [6.45, 7) is 7.06. The summed E-state index contributed by atoms with van der Waals surface area (Å²) < 4.78 is 44.0. The Morgan fingerprint density at radius 3 is 2.53 bits per heavy atom. The second-order valence-electron chi connectivity index (χ2n) is 10.3. The predicted molar refractivity (Wildman–Crippen MR) is 155 cm³/mol. The number of alkyl halides is 3. The van der Waals surface area contributed by atoms with Crippen molar-refractivity contribution in [2.75, 3.05) is 44.3 Å². The van der Waals surface area contributed by atoms with Crippen LogP contribution in [-0.2, 0) is 6.54 Å². The maximum absolute atomic E-state index is 13.2. The van der Waals surface area contributed by atoms with E-state index in [1.54, 1.807) is 6.07 Å². The molecule has 1 aliphatic rings. The second kappa shape index (κ2) is 12.2. The van der Waals surface area contributed by atoms with E-state index in [0.717, 1.165) is 37.6 Å². The number of anilines is 2. The first-order chi connectivity index (χ1) is 20.4. The number of rotatable bonds is 5. The molecule has 0 saturated carbocycles. The minimum absolute atomic E-state index is 0.140. The molecule has 4 heterocycles. The Morgan fingerprint density at radius 2 is 1.79 bits per heavy atom. The van der Waals surface area contributed by atoms with E-state index in [0.29, 0.717) is 34.3 Å². The van der Waals surface area contributed by atoms with Crippen molar-refractivity contribution in [2.24, 2.45) is 0 Å². The fourth-order valence-corrected chi connectivity index (χ4v) is 4.53. The van der Waals surface area contributed by atoms with Crippen molar-refractivity contribution in [1.29, 1.82) is 0 Å². The van der Waals surface area contributed by atoms with Crippen molar-refractivity contribution < 1.29 is 22.7 Å². The molecule has 0 atom stereocenters. The van der Waals surface area contributed by atoms with Gasteiger partial charge in [-0.25, -0.2) is 15.0 Å². The van der Waals surface area contributed by atoms with Crippen molar-refractivity contribution in [3.8, 4) is 17.6 Å². The summed E-state index contributed by atoms with van der Waals surface area (Å²) in [7, 11) is 2.00. The van der Waals surface area contributed by atoms with Crippen LogP contribution in [0.15, 0.2) is 42.9 Å². The van der Waals surface area contributed by atoms with Crippen molar-refractivity contribution in [3.63, 3.8) is 0 Å². The molecule has 1 amide bonds. The molecule has 10 nitrogen and oxygen atoms in total. The van der Waals surface area contributed by atoms with E-state index in [2.05, 4.69) is 51.6 Å². The third-order valence-corrected chi connectivity index (χ3v) is 7.03. The number of nitrogens with one attached hydrogen (secondary N) is 1. The van der Waals surface area contributed by atoms with Crippen LogP contribution in [0.1, 0.15) is 38.4 Å². The average Bonchev–Trinajstić information content (AvgIpc) is 2.95. The normalized spacial score (nSPS) is 14.3. The number of carbonyl (C=O) groups is 1. The zero-order chi connectivity index (χ0) is 30.7. The Kier molecular flexibility index (Phi) is 8.43. The molecule has 0 spiro atoms. The first-order valence-corrected chi connectivity index (χ1v) is 13.4. The van der Waals surface area contributed by atoms with Gasteiger partial charge in [0.05, 0.1) is 28.7 Å². The molecular formula is C30H29F3N8O2. The fourth-order valence-electron chi connectivity index (χ4n) is 4.53. The molecule has 0 bridgehead atoms. The minimum Gasteiger partial charge on any atom is -0.405 e. The van der Waals surface area contributed by atoms with Gasteiger partial charge in [0.25, 0.3) is 5.91 Å². The predicted octanol–water partition coefficient (Wildman–Crippen LogP) is 3.92. The van der Waals surface area contributed by atoms with Gasteiger partial charge in [0.1, 0.15) is 22.6 Å². The number of hydrogen-bond donors (Lipinski definition) is 2. The third-order valence-electron chi connectivity index (χ3n) is 7.03. The van der Waals surface area contributed by atoms with Gasteiger partial charge in [0.2, 0.25) is 0 Å². The van der Waals surface area contributed by atoms with Crippen LogP contribution in [0.3, 0.4) is 0 Å². The highest BCUT2D eigenvalue weighted by molar-refractivity contribution is 6.04. The topological polar surface area (TPSA) is 122 Å². The molecule has 5 rings (SSSR count). The molecule has 1 aromatic carbocycles. The van der Waals surface area contributed by atoms with E-state index < -0.39 is 12.3 Å². The summed E-state index contributed by atoms with van der Waals surface area (Å²) in [6.07, 6.45) is -0.544. The van der Waals surface area contributed by atoms with Crippen LogP contribution >= 0.6 is 0 Å². The number of carbonyl (C=O) groups excluding carboxylic acids is 1. The van der Waals surface area contributed by atoms with Crippen LogP contribution in [0.5, 0.6) is 5.75 Å². The highest BCUT2D eigenvalue weighted by atomic mass is 19.4. The number of benzene rings is 1. The maximum Gasteiger partial charge on any atom is 0.573 e. The van der Waals surface area contributed by atoms with Crippen LogP contribution < -0.4 is 15.8 Å². The number of amides is 1. The van der Waals surface area contributed by atoms with Gasteiger partial charge in [0, 0.05) is 68.0 Å². The van der Waals surface area contributed by atoms with Crippen molar-refractivity contribution >= 4 is 28.4 Å². The van der Waals surface area contributed by atoms with Gasteiger partial charge in [-0.05, 0) is 33.0 Å². The molecule has 1 aliphatic heterocycles. The number of piperazine rings is 1. The summed E-state index contributed by atoms with van der Waals surface area (Å²) in [5.41, 5.74) is 10.1. The van der Waals surface area contributed by atoms with Crippen molar-refractivity contribution in [2.45, 2.75) is 26.8 Å². The standard InChI is InChI=1S/C30H29F3N8O2/c1-18-19(2)38-27-24(28(34)36-16-25(27)37-18)7-4-20-12-22(15-35-14-20)29(42)39-23-6-5-21(26(13-23)43-30(31,32)33)17-41-10-8-40(3)9-11-41/h5-6,12-16H,8-11,17H2,1-3H3,(H2,34,36)(H,39,42). The highest BCUT2D eigenvalue weighted by Gasteiger charge is 2.32. The Morgan fingerprint density at radius 1 is 1.05 bits per heavy atom. The van der Waals surface area contributed by atoms with E-state index in [4.69, 9.17) is 5.73 Å². The molecule has 0 radical (unpaired) electrons. The van der Waals surface area contributed by atoms with E-state index in [1.165, 1.54) is 36.8 Å². The number of aromatic nitrogens is 4. The highest BCUT2D eigenvalue weighted by Crippen LogP contribution is 2.31. The quantitative estimate of drug-likeness (QED) is 0.333. The van der Waals surface area contributed by atoms with Crippen LogP contribution in [0.4, 0.5) is 24.7 Å². The Bertz CT molecular complexity index is 1740. The first-order valence-electron chi connectivity index (χ1n) is 13.4. The molecule has 4 aromatic rings. The maximum atomic E-state index is 13.2. The van der Waals surface area contributed by atoms with Gasteiger partial charge >= 0.3 is 6.36 Å². The molecule has 1 fully saturated rings. The van der Waals surface area contributed by atoms with Gasteiger partial charge in [0.15, 0.2) is 0 Å². The van der Waals surface area contributed by atoms with Crippen LogP contribution in [0, 0.1) is 25.7 Å². The summed E-state index contributed by atoms with van der Waals surface area (Å²) in [5, 5.41) is 2.62. The molecule has 43 heavy (non-hydrogen) atoms. The van der Waals surface area contributed by atoms with Crippen LogP contribution in [-0.4, -0.2) is 75.2 Å². The number of likely N-dealkylation sites (N-methyl/N-ethyl adjacent to an activating group) is 1. The summed E-state index contributed by atoms with van der Waals surface area (Å²) in [5.74, 6) is 5.15. The number of nitrogens with two attached hydrogens (primary N) is 1. The number of aryl methyl sites for hydroxylation is 2. The SMILES string of the molecule is Cc1nc2cnc(N)c(C#Cc3cncc(C(=O)Nc4ccc(CN5CCN(C)CC5)c(OC(F)(F)F)c4)c3)c2nc1C. The zero-order valence-electron chi connectivity index (χ0n) is 23.8. The molecule has 3 N–H and O–H groups in total. The molecule has 13 heteroatoms. The number of fused-ring (bicyclic) bond motifs is 1. The first kappa shape index (κ1) is 29.7. The van der Waals surface area contributed by atoms with E-state index in [9.17, 15) is 18.0 Å². The number of pyridine rings is 2. The van der Waals surface area contributed by atoms with Gasteiger partial charge in [-0.15, -0.1) is 13.2 Å². The van der Waals surface area contributed by atoms with Crippen LogP contribution in [0.2, 0.25) is 0 Å². The fraction of sp³-hybridized carbons (Fsp3) is 0.300. The molecular weight excluding hydrogens is 561 g/mol. The average molecular weight is 591 g/mol. The summed E-state index contributed by atoms with van der Waals surface area (Å²) >= 11 is 0. The number of nitrogens with zero attached hydrogens (tertiary/aromatic N) is 6. The summed E-state index contributed by atoms with van der Waals surface area (Å²) in [6, 6.07) is 5.77. The van der Waals surface area contributed by atoms with Gasteiger partial charge in [-0.3, -0.25) is 14.7 Å². The summed E-state index contributed by atoms with van der Waals surface area (Å²) in [4.78, 5) is 34.6. The lowest BCUT2D eigenvalue weighted by molar-refractivity contribution is -0.275.